The fourth-order valence-corrected chi connectivity index (χ4v) is 2.19. The van der Waals surface area contributed by atoms with Crippen molar-refractivity contribution in [2.24, 2.45) is 0 Å². The molecule has 0 heterocycles. The summed E-state index contributed by atoms with van der Waals surface area (Å²) in [4.78, 5) is 11.6. The summed E-state index contributed by atoms with van der Waals surface area (Å²) in [5.41, 5.74) is 1.13. The van der Waals surface area contributed by atoms with Gasteiger partial charge in [-0.3, -0.25) is 4.79 Å². The van der Waals surface area contributed by atoms with Crippen LogP contribution in [0.4, 0.5) is 0 Å². The van der Waals surface area contributed by atoms with Crippen LogP contribution in [-0.4, -0.2) is 11.2 Å². The lowest BCUT2D eigenvalue weighted by atomic mass is 10.1. The number of carbonyl (C=O) groups excluding carboxylic acids is 1. The molecule has 17 heavy (non-hydrogen) atoms. The van der Waals surface area contributed by atoms with Gasteiger partial charge in [0.25, 0.3) is 0 Å². The van der Waals surface area contributed by atoms with Crippen LogP contribution in [0.3, 0.4) is 0 Å². The summed E-state index contributed by atoms with van der Waals surface area (Å²) in [5, 5.41) is 3.97. The molecule has 0 saturated carbocycles. The molecule has 0 aromatic heterocycles. The molecule has 1 aromatic rings. The summed E-state index contributed by atoms with van der Waals surface area (Å²) in [6.07, 6.45) is 2.58. The van der Waals surface area contributed by atoms with Gasteiger partial charge >= 0.3 is 0 Å². The molecule has 1 amide bonds. The third-order valence-electron chi connectivity index (χ3n) is 2.53. The van der Waals surface area contributed by atoms with Crippen LogP contribution in [-0.2, 0) is 4.79 Å². The van der Waals surface area contributed by atoms with Gasteiger partial charge in [0.15, 0.2) is 0 Å². The van der Waals surface area contributed by atoms with E-state index in [1.165, 1.54) is 0 Å². The van der Waals surface area contributed by atoms with Gasteiger partial charge in [-0.05, 0) is 37.5 Å². The van der Waals surface area contributed by atoms with Gasteiger partial charge in [0, 0.05) is 16.2 Å². The molecule has 1 N–H and O–H groups in total. The van der Waals surface area contributed by atoms with Crippen LogP contribution < -0.4 is 5.32 Å². The Morgan fingerprint density at radius 3 is 2.53 bits per heavy atom. The molecule has 4 heteroatoms. The van der Waals surface area contributed by atoms with Gasteiger partial charge in [-0.1, -0.05) is 44.0 Å². The van der Waals surface area contributed by atoms with E-state index in [2.05, 4.69) is 37.2 Å². The van der Waals surface area contributed by atoms with E-state index in [0.29, 0.717) is 6.42 Å². The molecular weight excluding hydrogens is 346 g/mol. The predicted octanol–water partition coefficient (Wildman–Crippen LogP) is 4.19. The second kappa shape index (κ2) is 7.88. The zero-order valence-electron chi connectivity index (χ0n) is 9.88. The first kappa shape index (κ1) is 14.7. The molecule has 2 nitrogen and oxygen atoms in total. The van der Waals surface area contributed by atoms with Crippen LogP contribution in [0.25, 0.3) is 0 Å². The van der Waals surface area contributed by atoms with E-state index >= 15 is 0 Å². The van der Waals surface area contributed by atoms with Crippen LogP contribution in [0.1, 0.15) is 37.8 Å². The fourth-order valence-electron chi connectivity index (χ4n) is 1.53. The summed E-state index contributed by atoms with van der Waals surface area (Å²) >= 11 is 6.75. The number of alkyl halides is 1. The second-order valence-corrected chi connectivity index (χ2v) is 5.70. The number of amides is 1. The Morgan fingerprint density at radius 2 is 1.94 bits per heavy atom. The number of nitrogens with one attached hydrogen (secondary N) is 1. The maximum atomic E-state index is 11.6. The Balaban J connectivity index is 2.40. The lowest BCUT2D eigenvalue weighted by molar-refractivity contribution is -0.121. The largest absolute Gasteiger partial charge is 0.350 e. The molecule has 0 aliphatic heterocycles. The molecule has 0 saturated heterocycles. The van der Waals surface area contributed by atoms with Crippen molar-refractivity contribution in [2.45, 2.75) is 32.2 Å². The summed E-state index contributed by atoms with van der Waals surface area (Å²) in [6.45, 7) is 2.01. The summed E-state index contributed by atoms with van der Waals surface area (Å²) in [6, 6.07) is 8.09. The predicted molar refractivity (Wildman–Crippen MR) is 78.3 cm³/mol. The number of rotatable bonds is 6. The first-order valence-electron chi connectivity index (χ1n) is 5.74. The highest BCUT2D eigenvalue weighted by Gasteiger charge is 2.08. The van der Waals surface area contributed by atoms with Gasteiger partial charge in [0.1, 0.15) is 0 Å². The highest BCUT2D eigenvalue weighted by atomic mass is 79.9. The van der Waals surface area contributed by atoms with Crippen molar-refractivity contribution in [3.63, 3.8) is 0 Å². The number of hydrogen-bond donors (Lipinski definition) is 1. The van der Waals surface area contributed by atoms with E-state index < -0.39 is 0 Å². The van der Waals surface area contributed by atoms with E-state index in [9.17, 15) is 4.79 Å². The molecule has 94 valence electrons. The van der Waals surface area contributed by atoms with Crippen LogP contribution in [0, 0.1) is 0 Å². The third-order valence-corrected chi connectivity index (χ3v) is 3.62. The lowest BCUT2D eigenvalue weighted by Crippen LogP contribution is -2.26. The summed E-state index contributed by atoms with van der Waals surface area (Å²) in [5.74, 6) is 0.126. The number of halogens is 2. The van der Waals surface area contributed by atoms with Gasteiger partial charge < -0.3 is 5.32 Å². The maximum Gasteiger partial charge on any atom is 0.220 e. The quantitative estimate of drug-likeness (QED) is 0.596. The molecule has 0 fully saturated rings. The van der Waals surface area contributed by atoms with Gasteiger partial charge in [0.05, 0.1) is 6.04 Å². The van der Waals surface area contributed by atoms with E-state index in [1.807, 2.05) is 31.2 Å². The first-order valence-corrected chi connectivity index (χ1v) is 7.65. The highest BCUT2D eigenvalue weighted by Crippen LogP contribution is 2.16. The van der Waals surface area contributed by atoms with Gasteiger partial charge in [-0.25, -0.2) is 0 Å². The molecular formula is C13H17Br2NO. The van der Waals surface area contributed by atoms with Crippen LogP contribution >= 0.6 is 31.9 Å². The number of unbranched alkanes of at least 4 members (excludes halogenated alkanes) is 1. The van der Waals surface area contributed by atoms with Crippen LogP contribution in [0.5, 0.6) is 0 Å². The SMILES string of the molecule is C[C@H](NC(=O)CCCCBr)c1ccc(Br)cc1. The minimum Gasteiger partial charge on any atom is -0.350 e. The monoisotopic (exact) mass is 361 g/mol. The van der Waals surface area contributed by atoms with Crippen molar-refractivity contribution in [2.75, 3.05) is 5.33 Å². The van der Waals surface area contributed by atoms with E-state index in [0.717, 1.165) is 28.2 Å². The average molecular weight is 363 g/mol. The Morgan fingerprint density at radius 1 is 1.29 bits per heavy atom. The molecule has 1 rings (SSSR count). The second-order valence-electron chi connectivity index (χ2n) is 3.99. The highest BCUT2D eigenvalue weighted by molar-refractivity contribution is 9.10. The molecule has 0 aliphatic rings. The third kappa shape index (κ3) is 5.68. The number of carbonyl (C=O) groups is 1. The molecule has 0 unspecified atom stereocenters. The minimum atomic E-state index is 0.0690. The Kier molecular flexibility index (Phi) is 6.82. The normalized spacial score (nSPS) is 12.2. The molecule has 0 spiro atoms. The van der Waals surface area contributed by atoms with Crippen molar-refractivity contribution >= 4 is 37.8 Å². The smallest absolute Gasteiger partial charge is 0.220 e. The Bertz CT molecular complexity index is 351. The number of benzene rings is 1. The van der Waals surface area contributed by atoms with E-state index in [4.69, 9.17) is 0 Å². The summed E-state index contributed by atoms with van der Waals surface area (Å²) in [7, 11) is 0. The molecule has 1 aromatic carbocycles. The van der Waals surface area contributed by atoms with Gasteiger partial charge in [-0.15, -0.1) is 0 Å². The van der Waals surface area contributed by atoms with E-state index in [1.54, 1.807) is 0 Å². The van der Waals surface area contributed by atoms with Crippen molar-refractivity contribution in [1.82, 2.24) is 5.32 Å². The topological polar surface area (TPSA) is 29.1 Å². The Hall–Kier alpha value is -0.350. The van der Waals surface area contributed by atoms with Gasteiger partial charge in [0.2, 0.25) is 5.91 Å². The molecule has 0 bridgehead atoms. The standard InChI is InChI=1S/C13H17Br2NO/c1-10(11-5-7-12(15)8-6-11)16-13(17)4-2-3-9-14/h5-8,10H,2-4,9H2,1H3,(H,16,17)/t10-/m0/s1. The maximum absolute atomic E-state index is 11.6. The van der Waals surface area contributed by atoms with Crippen LogP contribution in [0.15, 0.2) is 28.7 Å². The minimum absolute atomic E-state index is 0.0690. The fraction of sp³-hybridized carbons (Fsp3) is 0.462. The number of hydrogen-bond acceptors (Lipinski definition) is 1. The zero-order valence-corrected chi connectivity index (χ0v) is 13.1. The lowest BCUT2D eigenvalue weighted by Gasteiger charge is -2.14. The molecule has 0 aliphatic carbocycles. The zero-order chi connectivity index (χ0) is 12.7. The first-order chi connectivity index (χ1) is 8.13. The van der Waals surface area contributed by atoms with Gasteiger partial charge in [-0.2, -0.15) is 0 Å². The average Bonchev–Trinajstić information content (AvgIpc) is 2.30. The van der Waals surface area contributed by atoms with Crippen molar-refractivity contribution in [1.29, 1.82) is 0 Å². The van der Waals surface area contributed by atoms with Crippen LogP contribution in [0.2, 0.25) is 0 Å². The Labute approximate surface area is 119 Å². The van der Waals surface area contributed by atoms with E-state index in [-0.39, 0.29) is 11.9 Å². The van der Waals surface area contributed by atoms with Crippen molar-refractivity contribution in [3.8, 4) is 0 Å². The molecule has 0 radical (unpaired) electrons. The molecule has 1 atom stereocenters. The summed E-state index contributed by atoms with van der Waals surface area (Å²) < 4.78 is 1.05. The van der Waals surface area contributed by atoms with Crippen molar-refractivity contribution in [3.05, 3.63) is 34.3 Å². The van der Waals surface area contributed by atoms with Crippen molar-refractivity contribution < 1.29 is 4.79 Å².